The fourth-order valence-electron chi connectivity index (χ4n) is 4.12. The number of hydrogen-bond acceptors (Lipinski definition) is 13. The van der Waals surface area contributed by atoms with E-state index in [1.807, 2.05) is 0 Å². The molecule has 0 bridgehead atoms. The van der Waals surface area contributed by atoms with Crippen molar-refractivity contribution in [2.24, 2.45) is 0 Å². The summed E-state index contributed by atoms with van der Waals surface area (Å²) in [5.41, 5.74) is 4.17. The van der Waals surface area contributed by atoms with Gasteiger partial charge in [0.05, 0.1) is 10.9 Å². The number of nitrogens with two attached hydrogens (primary N) is 1. The van der Waals surface area contributed by atoms with Crippen molar-refractivity contribution in [1.29, 1.82) is 0 Å². The molecule has 1 aliphatic rings. The Kier molecular flexibility index (Phi) is 7.85. The van der Waals surface area contributed by atoms with E-state index in [1.54, 1.807) is 0 Å². The fraction of sp³-hybridized carbons (Fsp3) is 0.571. The Morgan fingerprint density at radius 1 is 1.17 bits per heavy atom. The number of thiazole rings is 1. The van der Waals surface area contributed by atoms with Gasteiger partial charge >= 0.3 is 22.8 Å². The summed E-state index contributed by atoms with van der Waals surface area (Å²) in [6, 6.07) is 0. The zero-order valence-electron chi connectivity index (χ0n) is 19.6. The average Bonchev–Trinajstić information content (AvgIpc) is 3.19. The lowest BCUT2D eigenvalue weighted by Gasteiger charge is -2.37. The second-order valence-corrected chi connectivity index (χ2v) is 9.10. The highest BCUT2D eigenvalue weighted by Crippen LogP contribution is 2.46. The van der Waals surface area contributed by atoms with Crippen LogP contribution < -0.4 is 10.6 Å². The van der Waals surface area contributed by atoms with E-state index >= 15 is 0 Å². The van der Waals surface area contributed by atoms with Crippen molar-refractivity contribution in [2.75, 3.05) is 12.3 Å². The van der Waals surface area contributed by atoms with E-state index in [1.165, 1.54) is 20.0 Å². The van der Waals surface area contributed by atoms with Crippen LogP contribution in [-0.4, -0.2) is 62.6 Å². The van der Waals surface area contributed by atoms with Crippen molar-refractivity contribution in [3.63, 3.8) is 0 Å². The van der Waals surface area contributed by atoms with E-state index in [0.717, 1.165) is 29.8 Å². The monoisotopic (exact) mass is 510 g/mol. The molecule has 0 radical (unpaired) electrons. The first-order chi connectivity index (χ1) is 16.4. The van der Waals surface area contributed by atoms with Crippen molar-refractivity contribution < 1.29 is 38.1 Å². The van der Waals surface area contributed by atoms with Crippen molar-refractivity contribution in [1.82, 2.24) is 14.5 Å². The van der Waals surface area contributed by atoms with Gasteiger partial charge in [-0.2, -0.15) is 4.98 Å². The summed E-state index contributed by atoms with van der Waals surface area (Å²) in [5, 5.41) is 0. The summed E-state index contributed by atoms with van der Waals surface area (Å²) in [5.74, 6) is -2.29. The molecule has 35 heavy (non-hydrogen) atoms. The molecule has 0 unspecified atom stereocenters. The first kappa shape index (κ1) is 26.2. The molecule has 3 heterocycles. The standard InChI is InChI=1S/C21H26N4O9S/c1-10(26)6-5-7-21(34-13(4)29)15(9-31-11(2)27)33-18(16(21)32-12(3)28)25-17-14(35-20(25)30)8-23-19(22)24-17/h8,15-16,18H,5-7,9H2,1-4H3,(H2,22,23,24)/t15-,16+,18-,21+/m1/s1. The molecule has 2 aromatic rings. The Morgan fingerprint density at radius 2 is 1.89 bits per heavy atom. The lowest BCUT2D eigenvalue weighted by Crippen LogP contribution is -2.54. The number of carbonyl (C=O) groups is 4. The number of ketones is 1. The van der Waals surface area contributed by atoms with Crippen LogP contribution in [0.2, 0.25) is 0 Å². The first-order valence-corrected chi connectivity index (χ1v) is 11.5. The maximum absolute atomic E-state index is 13.0. The fourth-order valence-corrected chi connectivity index (χ4v) is 4.94. The average molecular weight is 511 g/mol. The normalized spacial score (nSPS) is 23.7. The van der Waals surface area contributed by atoms with Gasteiger partial charge in [0.15, 0.2) is 23.6 Å². The molecule has 0 aromatic carbocycles. The van der Waals surface area contributed by atoms with E-state index in [2.05, 4.69) is 9.97 Å². The molecule has 2 aromatic heterocycles. The van der Waals surface area contributed by atoms with E-state index < -0.39 is 46.8 Å². The molecule has 13 nitrogen and oxygen atoms in total. The van der Waals surface area contributed by atoms with Gasteiger partial charge in [-0.25, -0.2) is 4.98 Å². The van der Waals surface area contributed by atoms with E-state index in [0.29, 0.717) is 4.70 Å². The molecule has 0 aliphatic carbocycles. The van der Waals surface area contributed by atoms with Crippen LogP contribution in [0.15, 0.2) is 11.0 Å². The predicted octanol–water partition coefficient (Wildman–Crippen LogP) is 0.889. The molecule has 4 atom stereocenters. The van der Waals surface area contributed by atoms with Gasteiger partial charge in [0.1, 0.15) is 18.5 Å². The molecule has 0 amide bonds. The van der Waals surface area contributed by atoms with E-state index in [4.69, 9.17) is 24.7 Å². The minimum absolute atomic E-state index is 0.0144. The highest BCUT2D eigenvalue weighted by Gasteiger charge is 2.62. The molecule has 0 saturated carbocycles. The number of fused-ring (bicyclic) bond motifs is 1. The van der Waals surface area contributed by atoms with Gasteiger partial charge in [0.25, 0.3) is 0 Å². The van der Waals surface area contributed by atoms with Crippen LogP contribution in [0.3, 0.4) is 0 Å². The lowest BCUT2D eigenvalue weighted by atomic mass is 9.85. The highest BCUT2D eigenvalue weighted by molar-refractivity contribution is 7.16. The lowest BCUT2D eigenvalue weighted by molar-refractivity contribution is -0.189. The Hall–Kier alpha value is -3.39. The van der Waals surface area contributed by atoms with Crippen LogP contribution >= 0.6 is 11.3 Å². The Balaban J connectivity index is 2.19. The SMILES string of the molecule is CC(=O)CCC[C@]1(OC(C)=O)[C@@H](COC(C)=O)O[C@@H](n2c(=O)sc3cnc(N)nc32)[C@@H]1OC(C)=O. The van der Waals surface area contributed by atoms with Crippen LogP contribution in [0.4, 0.5) is 5.95 Å². The summed E-state index contributed by atoms with van der Waals surface area (Å²) < 4.78 is 24.1. The zero-order chi connectivity index (χ0) is 25.9. The van der Waals surface area contributed by atoms with E-state index in [-0.39, 0.29) is 43.2 Å². The number of aromatic nitrogens is 3. The smallest absolute Gasteiger partial charge is 0.311 e. The predicted molar refractivity (Wildman–Crippen MR) is 121 cm³/mol. The molecular formula is C21H26N4O9S. The zero-order valence-corrected chi connectivity index (χ0v) is 20.5. The number of rotatable bonds is 9. The first-order valence-electron chi connectivity index (χ1n) is 10.7. The van der Waals surface area contributed by atoms with Gasteiger partial charge < -0.3 is 29.5 Å². The number of anilines is 1. The molecule has 2 N–H and O–H groups in total. The Bertz CT molecular complexity index is 1210. The van der Waals surface area contributed by atoms with Gasteiger partial charge in [-0.1, -0.05) is 11.3 Å². The largest absolute Gasteiger partial charge is 0.463 e. The number of ether oxygens (including phenoxy) is 4. The Morgan fingerprint density at radius 3 is 2.49 bits per heavy atom. The second kappa shape index (κ2) is 10.5. The third-order valence-corrected chi connectivity index (χ3v) is 6.26. The third-order valence-electron chi connectivity index (χ3n) is 5.38. The van der Waals surface area contributed by atoms with Gasteiger partial charge in [0, 0.05) is 27.2 Å². The van der Waals surface area contributed by atoms with Crippen molar-refractivity contribution >= 4 is 51.3 Å². The Labute approximate surface area is 203 Å². The molecule has 1 saturated heterocycles. The molecule has 14 heteroatoms. The summed E-state index contributed by atoms with van der Waals surface area (Å²) >= 11 is 0.819. The number of nitrogens with zero attached hydrogens (tertiary/aromatic N) is 3. The van der Waals surface area contributed by atoms with Crippen molar-refractivity contribution in [2.45, 2.75) is 71.0 Å². The minimum Gasteiger partial charge on any atom is -0.463 e. The third kappa shape index (κ3) is 5.65. The summed E-state index contributed by atoms with van der Waals surface area (Å²) in [7, 11) is 0. The minimum atomic E-state index is -1.68. The number of nitrogen functional groups attached to an aromatic ring is 1. The molecule has 0 spiro atoms. The molecule has 190 valence electrons. The van der Waals surface area contributed by atoms with Crippen LogP contribution in [-0.2, 0) is 38.1 Å². The van der Waals surface area contributed by atoms with Crippen molar-refractivity contribution in [3.8, 4) is 0 Å². The maximum Gasteiger partial charge on any atom is 0.311 e. The molecular weight excluding hydrogens is 484 g/mol. The second-order valence-electron chi connectivity index (χ2n) is 8.11. The quantitative estimate of drug-likeness (QED) is 0.372. The molecule has 1 fully saturated rings. The maximum atomic E-state index is 13.0. The number of carbonyl (C=O) groups excluding carboxylic acids is 4. The van der Waals surface area contributed by atoms with Crippen LogP contribution in [0.5, 0.6) is 0 Å². The van der Waals surface area contributed by atoms with Gasteiger partial charge in [0.2, 0.25) is 5.95 Å². The number of hydrogen-bond donors (Lipinski definition) is 1. The van der Waals surface area contributed by atoms with Gasteiger partial charge in [-0.05, 0) is 19.8 Å². The topological polar surface area (TPSA) is 179 Å². The highest BCUT2D eigenvalue weighted by atomic mass is 32.1. The van der Waals surface area contributed by atoms with Crippen LogP contribution in [0.25, 0.3) is 10.3 Å². The molecule has 3 rings (SSSR count). The van der Waals surface area contributed by atoms with Crippen LogP contribution in [0, 0.1) is 0 Å². The van der Waals surface area contributed by atoms with Crippen LogP contribution in [0.1, 0.15) is 53.2 Å². The summed E-state index contributed by atoms with van der Waals surface area (Å²) in [6.45, 7) is 4.54. The number of Topliss-reactive ketones (excluding diaryl/α,β-unsaturated/α-hetero) is 1. The number of esters is 3. The summed E-state index contributed by atoms with van der Waals surface area (Å²) in [6.07, 6.45) is -2.03. The summed E-state index contributed by atoms with van der Waals surface area (Å²) in [4.78, 5) is 68.1. The van der Waals surface area contributed by atoms with E-state index in [9.17, 15) is 24.0 Å². The van der Waals surface area contributed by atoms with Gasteiger partial charge in [-0.3, -0.25) is 23.7 Å². The van der Waals surface area contributed by atoms with Gasteiger partial charge in [-0.15, -0.1) is 0 Å². The molecule has 1 aliphatic heterocycles. The van der Waals surface area contributed by atoms with Crippen molar-refractivity contribution in [3.05, 3.63) is 15.9 Å².